The topological polar surface area (TPSA) is 104 Å². The molecule has 1 fully saturated rings. The van der Waals surface area contributed by atoms with E-state index in [0.717, 1.165) is 11.1 Å². The smallest absolute Gasteiger partial charge is 0.384 e. The van der Waals surface area contributed by atoms with Crippen molar-refractivity contribution in [2.24, 2.45) is 0 Å². The molecule has 0 spiro atoms. The summed E-state index contributed by atoms with van der Waals surface area (Å²) < 4.78 is 13.4. The molecule has 3 aromatic rings. The second kappa shape index (κ2) is 12.1. The van der Waals surface area contributed by atoms with Gasteiger partial charge in [-0.2, -0.15) is 0 Å². The molecule has 0 radical (unpaired) electrons. The number of amides is 2. The van der Waals surface area contributed by atoms with E-state index in [2.05, 4.69) is 0 Å². The van der Waals surface area contributed by atoms with Crippen LogP contribution in [0.15, 0.2) is 77.7 Å². The zero-order valence-corrected chi connectivity index (χ0v) is 20.5. The van der Waals surface area contributed by atoms with Gasteiger partial charge in [-0.25, -0.2) is 4.79 Å². The van der Waals surface area contributed by atoms with Gasteiger partial charge in [-0.3, -0.25) is 14.4 Å². The first-order valence-electron chi connectivity index (χ1n) is 12.1. The molecule has 0 aliphatic carbocycles. The number of benzene rings is 2. The standard InChI is InChI=1S/C28H28N2O7/c1-2-22(35-18-20-9-5-3-6-10-20)17-29-16-15-23(31)27(36-19-21-11-7-4-8-12-21)26(29)28(34)37-30-24(32)13-14-25(30)33/h3-12,15-16,22H,2,13-14,17-19H2,1H3. The fraction of sp³-hybridized carbons (Fsp3) is 0.286. The molecule has 2 amide bonds. The van der Waals surface area contributed by atoms with Gasteiger partial charge in [0, 0.05) is 31.6 Å². The molecule has 0 N–H and O–H groups in total. The van der Waals surface area contributed by atoms with E-state index < -0.39 is 23.2 Å². The average Bonchev–Trinajstić information content (AvgIpc) is 3.24. The molecule has 1 atom stereocenters. The van der Waals surface area contributed by atoms with Crippen LogP contribution >= 0.6 is 0 Å². The quantitative estimate of drug-likeness (QED) is 0.367. The predicted octanol–water partition coefficient (Wildman–Crippen LogP) is 3.64. The Labute approximate surface area is 214 Å². The molecule has 1 aliphatic heterocycles. The Morgan fingerprint density at radius 1 is 0.865 bits per heavy atom. The number of aromatic nitrogens is 1. The van der Waals surface area contributed by atoms with Crippen molar-refractivity contribution in [2.75, 3.05) is 0 Å². The van der Waals surface area contributed by atoms with Crippen LogP contribution in [0, 0.1) is 0 Å². The van der Waals surface area contributed by atoms with Crippen LogP contribution < -0.4 is 10.2 Å². The van der Waals surface area contributed by atoms with Crippen molar-refractivity contribution >= 4 is 17.8 Å². The first-order chi connectivity index (χ1) is 18.0. The zero-order valence-electron chi connectivity index (χ0n) is 20.5. The molecule has 2 heterocycles. The second-order valence-electron chi connectivity index (χ2n) is 8.57. The van der Waals surface area contributed by atoms with E-state index in [0.29, 0.717) is 18.1 Å². The van der Waals surface area contributed by atoms with E-state index in [-0.39, 0.29) is 43.5 Å². The molecule has 4 rings (SSSR count). The largest absolute Gasteiger partial charge is 0.482 e. The molecule has 1 unspecified atom stereocenters. The Morgan fingerprint density at radius 3 is 2.05 bits per heavy atom. The number of carbonyl (C=O) groups is 3. The van der Waals surface area contributed by atoms with Crippen molar-refractivity contribution in [1.82, 2.24) is 9.63 Å². The molecule has 1 aromatic heterocycles. The monoisotopic (exact) mass is 504 g/mol. The Morgan fingerprint density at radius 2 is 1.46 bits per heavy atom. The highest BCUT2D eigenvalue weighted by Gasteiger charge is 2.35. The van der Waals surface area contributed by atoms with Crippen LogP contribution in [0.4, 0.5) is 0 Å². The van der Waals surface area contributed by atoms with E-state index in [1.807, 2.05) is 67.6 Å². The number of hydrogen-bond donors (Lipinski definition) is 0. The van der Waals surface area contributed by atoms with E-state index in [1.54, 1.807) is 0 Å². The molecule has 0 saturated carbocycles. The molecular formula is C28H28N2O7. The van der Waals surface area contributed by atoms with Crippen LogP contribution in [-0.2, 0) is 38.9 Å². The SMILES string of the molecule is CCC(Cn1ccc(=O)c(OCc2ccccc2)c1C(=O)ON1C(=O)CCC1=O)OCc1ccccc1. The van der Waals surface area contributed by atoms with Crippen molar-refractivity contribution in [3.8, 4) is 5.75 Å². The van der Waals surface area contributed by atoms with Gasteiger partial charge in [-0.15, -0.1) is 5.06 Å². The highest BCUT2D eigenvalue weighted by molar-refractivity contribution is 6.02. The molecule has 1 saturated heterocycles. The maximum absolute atomic E-state index is 13.3. The number of rotatable bonds is 11. The Kier molecular flexibility index (Phi) is 8.48. The first-order valence-corrected chi connectivity index (χ1v) is 12.1. The van der Waals surface area contributed by atoms with Gasteiger partial charge in [0.25, 0.3) is 11.8 Å². The van der Waals surface area contributed by atoms with Crippen molar-refractivity contribution in [2.45, 2.75) is 52.0 Å². The van der Waals surface area contributed by atoms with Crippen molar-refractivity contribution in [3.05, 3.63) is 100.0 Å². The Bertz CT molecular complexity index is 1290. The fourth-order valence-electron chi connectivity index (χ4n) is 3.88. The highest BCUT2D eigenvalue weighted by atomic mass is 16.7. The van der Waals surface area contributed by atoms with Crippen molar-refractivity contribution < 1.29 is 28.7 Å². The van der Waals surface area contributed by atoms with Crippen LogP contribution in [0.2, 0.25) is 0 Å². The normalized spacial score (nSPS) is 14.0. The summed E-state index contributed by atoms with van der Waals surface area (Å²) >= 11 is 0. The minimum atomic E-state index is -1.04. The maximum Gasteiger partial charge on any atom is 0.384 e. The van der Waals surface area contributed by atoms with Gasteiger partial charge in [0.2, 0.25) is 5.43 Å². The molecular weight excluding hydrogens is 476 g/mol. The number of ether oxygens (including phenoxy) is 2. The lowest BCUT2D eigenvalue weighted by atomic mass is 10.2. The third-order valence-electron chi connectivity index (χ3n) is 5.92. The van der Waals surface area contributed by atoms with Gasteiger partial charge in [0.05, 0.1) is 12.7 Å². The second-order valence-corrected chi connectivity index (χ2v) is 8.57. The summed E-state index contributed by atoms with van der Waals surface area (Å²) in [5.74, 6) is -2.50. The fourth-order valence-corrected chi connectivity index (χ4v) is 3.88. The van der Waals surface area contributed by atoms with Crippen LogP contribution in [-0.4, -0.2) is 33.5 Å². The minimum absolute atomic E-state index is 0.0314. The van der Waals surface area contributed by atoms with Crippen molar-refractivity contribution in [3.63, 3.8) is 0 Å². The highest BCUT2D eigenvalue weighted by Crippen LogP contribution is 2.21. The molecule has 1 aliphatic rings. The summed E-state index contributed by atoms with van der Waals surface area (Å²) in [5.41, 5.74) is 1.06. The third kappa shape index (κ3) is 6.50. The van der Waals surface area contributed by atoms with Crippen molar-refractivity contribution in [1.29, 1.82) is 0 Å². The molecule has 9 nitrogen and oxygen atoms in total. The van der Waals surface area contributed by atoms with Gasteiger partial charge in [-0.1, -0.05) is 67.6 Å². The summed E-state index contributed by atoms with van der Waals surface area (Å²) in [4.78, 5) is 55.4. The number of imide groups is 1. The Balaban J connectivity index is 1.62. The molecule has 37 heavy (non-hydrogen) atoms. The van der Waals surface area contributed by atoms with E-state index >= 15 is 0 Å². The van der Waals surface area contributed by atoms with Crippen LogP contribution in [0.25, 0.3) is 0 Å². The number of nitrogens with zero attached hydrogens (tertiary/aromatic N) is 2. The summed E-state index contributed by atoms with van der Waals surface area (Å²) in [5, 5.41) is 0.453. The third-order valence-corrected chi connectivity index (χ3v) is 5.92. The van der Waals surface area contributed by atoms with E-state index in [1.165, 1.54) is 16.8 Å². The summed E-state index contributed by atoms with van der Waals surface area (Å²) in [7, 11) is 0. The lowest BCUT2D eigenvalue weighted by Gasteiger charge is -2.22. The van der Waals surface area contributed by atoms with Gasteiger partial charge >= 0.3 is 5.97 Å². The minimum Gasteiger partial charge on any atom is -0.482 e. The lowest BCUT2D eigenvalue weighted by molar-refractivity contribution is -0.172. The number of pyridine rings is 1. The molecule has 2 aromatic carbocycles. The van der Waals surface area contributed by atoms with Gasteiger partial charge in [-0.05, 0) is 17.5 Å². The number of carbonyl (C=O) groups excluding carboxylic acids is 3. The molecule has 192 valence electrons. The predicted molar refractivity (Wildman–Crippen MR) is 133 cm³/mol. The van der Waals surface area contributed by atoms with Crippen LogP contribution in [0.5, 0.6) is 5.75 Å². The first kappa shape index (κ1) is 25.8. The summed E-state index contributed by atoms with van der Waals surface area (Å²) in [6.07, 6.45) is 1.67. The van der Waals surface area contributed by atoms with Crippen LogP contribution in [0.1, 0.15) is 47.8 Å². The van der Waals surface area contributed by atoms with E-state index in [9.17, 15) is 19.2 Å². The van der Waals surface area contributed by atoms with Gasteiger partial charge in [0.1, 0.15) is 6.61 Å². The zero-order chi connectivity index (χ0) is 26.2. The average molecular weight is 505 g/mol. The lowest BCUT2D eigenvalue weighted by Crippen LogP contribution is -2.34. The van der Waals surface area contributed by atoms with Crippen LogP contribution in [0.3, 0.4) is 0 Å². The van der Waals surface area contributed by atoms with Gasteiger partial charge in [0.15, 0.2) is 11.4 Å². The van der Waals surface area contributed by atoms with E-state index in [4.69, 9.17) is 14.3 Å². The summed E-state index contributed by atoms with van der Waals surface area (Å²) in [6, 6.07) is 20.1. The number of hydroxylamine groups is 2. The Hall–Kier alpha value is -4.24. The maximum atomic E-state index is 13.3. The number of hydrogen-bond acceptors (Lipinski definition) is 7. The molecule has 0 bridgehead atoms. The molecule has 9 heteroatoms. The summed E-state index contributed by atoms with van der Waals surface area (Å²) in [6.45, 7) is 2.55. The van der Waals surface area contributed by atoms with Gasteiger partial charge < -0.3 is 18.9 Å².